The molecule has 3 heterocycles. The number of piperidine rings is 1. The van der Waals surface area contributed by atoms with Crippen LogP contribution in [-0.2, 0) is 0 Å². The molecule has 0 bridgehead atoms. The minimum Gasteiger partial charge on any atom is -0.393 e. The van der Waals surface area contributed by atoms with Gasteiger partial charge in [-0.25, -0.2) is 4.98 Å². The van der Waals surface area contributed by atoms with Gasteiger partial charge in [-0.3, -0.25) is 0 Å². The van der Waals surface area contributed by atoms with Crippen molar-refractivity contribution in [1.29, 1.82) is 0 Å². The highest BCUT2D eigenvalue weighted by molar-refractivity contribution is 5.81. The second-order valence-corrected chi connectivity index (χ2v) is 8.74. The van der Waals surface area contributed by atoms with Gasteiger partial charge in [0, 0.05) is 29.9 Å². The molecule has 28 heavy (non-hydrogen) atoms. The number of hydrogen-bond donors (Lipinski definition) is 3. The van der Waals surface area contributed by atoms with Crippen molar-refractivity contribution in [2.75, 3.05) is 18.4 Å². The first-order chi connectivity index (χ1) is 13.7. The summed E-state index contributed by atoms with van der Waals surface area (Å²) in [6.07, 6.45) is 12.7. The average Bonchev–Trinajstić information content (AvgIpc) is 3.08. The SMILES string of the molecule is CCC[C@H](C)Nc1ncc2c(C3CCNCC3)cn([C@H]3CC[C@H](O)CC3)c2n1. The number of aliphatic hydroxyl groups excluding tert-OH is 1. The molecule has 154 valence electrons. The fourth-order valence-electron chi connectivity index (χ4n) is 4.92. The molecule has 6 heteroatoms. The van der Waals surface area contributed by atoms with E-state index in [1.165, 1.54) is 23.8 Å². The quantitative estimate of drug-likeness (QED) is 0.701. The van der Waals surface area contributed by atoms with Crippen LogP contribution in [0.15, 0.2) is 12.4 Å². The van der Waals surface area contributed by atoms with Gasteiger partial charge in [0.25, 0.3) is 0 Å². The van der Waals surface area contributed by atoms with E-state index in [2.05, 4.69) is 40.2 Å². The van der Waals surface area contributed by atoms with Gasteiger partial charge in [0.05, 0.1) is 6.10 Å². The molecule has 1 aliphatic carbocycles. The monoisotopic (exact) mass is 385 g/mol. The Morgan fingerprint density at radius 2 is 1.96 bits per heavy atom. The van der Waals surface area contributed by atoms with E-state index in [9.17, 15) is 5.11 Å². The lowest BCUT2D eigenvalue weighted by atomic mass is 9.90. The van der Waals surface area contributed by atoms with Gasteiger partial charge in [-0.1, -0.05) is 13.3 Å². The lowest BCUT2D eigenvalue weighted by molar-refractivity contribution is 0.111. The molecule has 2 aromatic heterocycles. The van der Waals surface area contributed by atoms with Crippen LogP contribution in [-0.4, -0.2) is 44.9 Å². The van der Waals surface area contributed by atoms with Gasteiger partial charge < -0.3 is 20.3 Å². The highest BCUT2D eigenvalue weighted by Gasteiger charge is 2.26. The number of fused-ring (bicyclic) bond motifs is 1. The van der Waals surface area contributed by atoms with Crippen LogP contribution in [0.1, 0.15) is 82.7 Å². The van der Waals surface area contributed by atoms with E-state index in [4.69, 9.17) is 4.98 Å². The molecule has 2 aliphatic rings. The van der Waals surface area contributed by atoms with E-state index in [1.807, 2.05) is 6.20 Å². The second kappa shape index (κ2) is 8.78. The molecule has 1 saturated carbocycles. The number of aromatic nitrogens is 3. The number of anilines is 1. The molecule has 3 N–H and O–H groups in total. The molecule has 6 nitrogen and oxygen atoms in total. The van der Waals surface area contributed by atoms with E-state index in [1.54, 1.807) is 0 Å². The van der Waals surface area contributed by atoms with E-state index < -0.39 is 0 Å². The maximum absolute atomic E-state index is 9.94. The fourth-order valence-corrected chi connectivity index (χ4v) is 4.92. The summed E-state index contributed by atoms with van der Waals surface area (Å²) in [5.41, 5.74) is 2.48. The summed E-state index contributed by atoms with van der Waals surface area (Å²) < 4.78 is 2.40. The van der Waals surface area contributed by atoms with Crippen LogP contribution in [0.3, 0.4) is 0 Å². The third-order valence-electron chi connectivity index (χ3n) is 6.54. The van der Waals surface area contributed by atoms with Crippen molar-refractivity contribution in [2.45, 2.75) is 89.3 Å². The van der Waals surface area contributed by atoms with Crippen molar-refractivity contribution in [2.24, 2.45) is 0 Å². The second-order valence-electron chi connectivity index (χ2n) is 8.74. The van der Waals surface area contributed by atoms with Gasteiger partial charge in [0.2, 0.25) is 5.95 Å². The molecule has 1 atom stereocenters. The first-order valence-electron chi connectivity index (χ1n) is 11.2. The molecule has 2 fully saturated rings. The summed E-state index contributed by atoms with van der Waals surface area (Å²) in [4.78, 5) is 9.63. The van der Waals surface area contributed by atoms with Crippen molar-refractivity contribution in [1.82, 2.24) is 19.9 Å². The van der Waals surface area contributed by atoms with Crippen LogP contribution < -0.4 is 10.6 Å². The molecule has 0 amide bonds. The minimum absolute atomic E-state index is 0.135. The minimum atomic E-state index is -0.135. The number of rotatable bonds is 6. The Balaban J connectivity index is 1.69. The zero-order chi connectivity index (χ0) is 19.5. The highest BCUT2D eigenvalue weighted by atomic mass is 16.3. The first kappa shape index (κ1) is 19.6. The standard InChI is InChI=1S/C22H35N5O/c1-3-4-15(2)25-22-24-13-19-20(16-9-11-23-12-10-16)14-27(21(19)26-22)17-5-7-18(28)8-6-17/h13-18,23,28H,3-12H2,1-2H3,(H,24,25,26)/t15-,17-,18-/m0/s1. The zero-order valence-electron chi connectivity index (χ0n) is 17.3. The van der Waals surface area contributed by atoms with E-state index in [0.29, 0.717) is 18.0 Å². The normalized spacial score (nSPS) is 25.1. The van der Waals surface area contributed by atoms with Crippen molar-refractivity contribution >= 4 is 17.0 Å². The Labute approximate surface area is 168 Å². The Kier molecular flexibility index (Phi) is 6.16. The van der Waals surface area contributed by atoms with Crippen molar-refractivity contribution < 1.29 is 5.11 Å². The largest absolute Gasteiger partial charge is 0.393 e. The van der Waals surface area contributed by atoms with Crippen LogP contribution in [0.5, 0.6) is 0 Å². The fraction of sp³-hybridized carbons (Fsp3) is 0.727. The van der Waals surface area contributed by atoms with Crippen LogP contribution in [0.2, 0.25) is 0 Å². The van der Waals surface area contributed by atoms with E-state index >= 15 is 0 Å². The molecule has 0 radical (unpaired) electrons. The lowest BCUT2D eigenvalue weighted by Crippen LogP contribution is -2.26. The molecule has 2 aromatic rings. The van der Waals surface area contributed by atoms with Crippen LogP contribution in [0.4, 0.5) is 5.95 Å². The summed E-state index contributed by atoms with van der Waals surface area (Å²) in [6.45, 7) is 6.57. The summed E-state index contributed by atoms with van der Waals surface area (Å²) in [5.74, 6) is 1.32. The third-order valence-corrected chi connectivity index (χ3v) is 6.54. The van der Waals surface area contributed by atoms with Crippen LogP contribution >= 0.6 is 0 Å². The summed E-state index contributed by atoms with van der Waals surface area (Å²) in [7, 11) is 0. The third kappa shape index (κ3) is 4.18. The molecule has 4 rings (SSSR count). The van der Waals surface area contributed by atoms with Crippen molar-refractivity contribution in [3.8, 4) is 0 Å². The number of hydrogen-bond acceptors (Lipinski definition) is 5. The van der Waals surface area contributed by atoms with E-state index in [-0.39, 0.29) is 6.10 Å². The zero-order valence-corrected chi connectivity index (χ0v) is 17.3. The molecule has 0 aromatic carbocycles. The molecule has 0 spiro atoms. The smallest absolute Gasteiger partial charge is 0.224 e. The number of nitrogens with one attached hydrogen (secondary N) is 2. The summed E-state index contributed by atoms with van der Waals surface area (Å²) >= 11 is 0. The predicted molar refractivity (Wildman–Crippen MR) is 114 cm³/mol. The van der Waals surface area contributed by atoms with Crippen LogP contribution in [0.25, 0.3) is 11.0 Å². The maximum atomic E-state index is 9.94. The predicted octanol–water partition coefficient (Wildman–Crippen LogP) is 3.97. The van der Waals surface area contributed by atoms with Gasteiger partial charge in [-0.05, 0) is 76.4 Å². The van der Waals surface area contributed by atoms with Gasteiger partial charge in [0.15, 0.2) is 0 Å². The molecule has 1 aliphatic heterocycles. The Morgan fingerprint density at radius 1 is 1.21 bits per heavy atom. The maximum Gasteiger partial charge on any atom is 0.224 e. The van der Waals surface area contributed by atoms with E-state index in [0.717, 1.165) is 63.2 Å². The Hall–Kier alpha value is -1.66. The summed E-state index contributed by atoms with van der Waals surface area (Å²) in [5, 5.41) is 18.1. The van der Waals surface area contributed by atoms with Gasteiger partial charge in [-0.15, -0.1) is 0 Å². The van der Waals surface area contributed by atoms with Gasteiger partial charge in [-0.2, -0.15) is 4.98 Å². The molecule has 1 saturated heterocycles. The number of nitrogens with zero attached hydrogens (tertiary/aromatic N) is 3. The van der Waals surface area contributed by atoms with Crippen LogP contribution in [0, 0.1) is 0 Å². The van der Waals surface area contributed by atoms with Crippen molar-refractivity contribution in [3.63, 3.8) is 0 Å². The molecular formula is C22H35N5O. The number of aliphatic hydroxyl groups is 1. The highest BCUT2D eigenvalue weighted by Crippen LogP contribution is 2.37. The Bertz CT molecular complexity index is 775. The van der Waals surface area contributed by atoms with Gasteiger partial charge in [0.1, 0.15) is 5.65 Å². The molecular weight excluding hydrogens is 350 g/mol. The lowest BCUT2D eigenvalue weighted by Gasteiger charge is -2.27. The van der Waals surface area contributed by atoms with Gasteiger partial charge >= 0.3 is 0 Å². The molecule has 0 unspecified atom stereocenters. The topological polar surface area (TPSA) is 75.0 Å². The Morgan fingerprint density at radius 3 is 2.68 bits per heavy atom. The van der Waals surface area contributed by atoms with Crippen molar-refractivity contribution in [3.05, 3.63) is 18.0 Å². The summed E-state index contributed by atoms with van der Waals surface area (Å²) in [6, 6.07) is 0.803. The average molecular weight is 386 g/mol. The first-order valence-corrected chi connectivity index (χ1v) is 11.2.